The van der Waals surface area contributed by atoms with E-state index in [0.29, 0.717) is 22.8 Å². The summed E-state index contributed by atoms with van der Waals surface area (Å²) in [6.07, 6.45) is 7.87. The van der Waals surface area contributed by atoms with E-state index in [1.54, 1.807) is 24.3 Å². The van der Waals surface area contributed by atoms with Crippen LogP contribution in [0.2, 0.25) is 23.2 Å². The number of carbonyl (C=O) groups excluding carboxylic acids is 1. The van der Waals surface area contributed by atoms with E-state index < -0.39 is 26.2 Å². The van der Waals surface area contributed by atoms with Crippen molar-refractivity contribution in [1.82, 2.24) is 5.32 Å². The van der Waals surface area contributed by atoms with E-state index in [4.69, 9.17) is 20.8 Å². The molecule has 0 aliphatic carbocycles. The van der Waals surface area contributed by atoms with Crippen molar-refractivity contribution in [2.45, 2.75) is 70.8 Å². The number of hydrogen-bond donors (Lipinski definition) is 2. The van der Waals surface area contributed by atoms with Crippen molar-refractivity contribution in [3.63, 3.8) is 0 Å². The normalized spacial score (nSPS) is 14.8. The predicted octanol–water partition coefficient (Wildman–Crippen LogP) is 7.15. The zero-order valence-electron chi connectivity index (χ0n) is 24.0. The molecule has 2 aromatic carbocycles. The minimum absolute atomic E-state index is 0.0360. The molecule has 0 aliphatic rings. The summed E-state index contributed by atoms with van der Waals surface area (Å²) < 4.78 is 11.9. The number of carbonyl (C=O) groups is 2. The number of carboxylic acids is 1. The minimum atomic E-state index is -2.08. The Morgan fingerprint density at radius 3 is 2.36 bits per heavy atom. The highest BCUT2D eigenvalue weighted by molar-refractivity contribution is 6.74. The lowest BCUT2D eigenvalue weighted by molar-refractivity contribution is -0.141. The van der Waals surface area contributed by atoms with Gasteiger partial charge in [0, 0.05) is 6.42 Å². The molecule has 0 radical (unpaired) electrons. The van der Waals surface area contributed by atoms with E-state index in [1.165, 1.54) is 13.2 Å². The Labute approximate surface area is 239 Å². The van der Waals surface area contributed by atoms with Gasteiger partial charge in [-0.3, -0.25) is 4.79 Å². The van der Waals surface area contributed by atoms with Gasteiger partial charge in [-0.15, -0.1) is 0 Å². The molecule has 0 saturated heterocycles. The SMILES string of the molecule is COc1ccc(CC(NC(=O)/C=C/CC(O[Si](C)(C)C(C)(C)C)C(C)/C=C/c2ccccc2)C(=O)O)cc1Cl. The lowest BCUT2D eigenvalue weighted by atomic mass is 10.00. The Hall–Kier alpha value is -2.87. The fraction of sp³-hybridized carbons (Fsp3) is 0.419. The van der Waals surface area contributed by atoms with Gasteiger partial charge in [0.25, 0.3) is 0 Å². The lowest BCUT2D eigenvalue weighted by Crippen LogP contribution is -2.45. The number of nitrogens with one attached hydrogen (secondary N) is 1. The molecule has 8 heteroatoms. The molecule has 2 N–H and O–H groups in total. The highest BCUT2D eigenvalue weighted by Gasteiger charge is 2.39. The predicted molar refractivity (Wildman–Crippen MR) is 162 cm³/mol. The number of carboxylic acid groups (broad SMARTS) is 1. The van der Waals surface area contributed by atoms with E-state index in [0.717, 1.165) is 5.56 Å². The molecule has 0 saturated carbocycles. The molecule has 0 spiro atoms. The summed E-state index contributed by atoms with van der Waals surface area (Å²) in [5.74, 6) is -0.997. The van der Waals surface area contributed by atoms with Gasteiger partial charge in [0.2, 0.25) is 5.91 Å². The summed E-state index contributed by atoms with van der Waals surface area (Å²) in [4.78, 5) is 24.5. The Morgan fingerprint density at radius 1 is 1.13 bits per heavy atom. The van der Waals surface area contributed by atoms with E-state index in [9.17, 15) is 14.7 Å². The summed E-state index contributed by atoms with van der Waals surface area (Å²) in [6.45, 7) is 13.1. The second-order valence-electron chi connectivity index (χ2n) is 11.3. The molecular weight excluding hydrogens is 530 g/mol. The van der Waals surface area contributed by atoms with Crippen molar-refractivity contribution in [1.29, 1.82) is 0 Å². The highest BCUT2D eigenvalue weighted by Crippen LogP contribution is 2.38. The van der Waals surface area contributed by atoms with Gasteiger partial charge in [0.05, 0.1) is 18.2 Å². The number of halogens is 1. The number of benzene rings is 2. The number of hydrogen-bond acceptors (Lipinski definition) is 4. The van der Waals surface area contributed by atoms with Crippen LogP contribution >= 0.6 is 11.6 Å². The lowest BCUT2D eigenvalue weighted by Gasteiger charge is -2.40. The number of ether oxygens (including phenoxy) is 1. The molecule has 1 amide bonds. The third kappa shape index (κ3) is 10.3. The van der Waals surface area contributed by atoms with Crippen molar-refractivity contribution in [3.05, 3.63) is 82.9 Å². The molecule has 3 atom stereocenters. The Kier molecular flexibility index (Phi) is 12.0. The topological polar surface area (TPSA) is 84.9 Å². The Bertz CT molecular complexity index is 1160. The standard InChI is InChI=1S/C31H42ClNO5Si/c1-22(16-17-23-12-9-8-10-13-23)27(38-39(6,7)31(2,3)4)14-11-15-29(34)33-26(30(35)36)21-24-18-19-28(37-5)25(32)20-24/h8-13,15-20,22,26-27H,14,21H2,1-7H3,(H,33,34)(H,35,36)/b15-11+,17-16+. The summed E-state index contributed by atoms with van der Waals surface area (Å²) in [7, 11) is -0.568. The van der Waals surface area contributed by atoms with Gasteiger partial charge in [-0.1, -0.05) is 93.9 Å². The molecule has 39 heavy (non-hydrogen) atoms. The number of methoxy groups -OCH3 is 1. The van der Waals surface area contributed by atoms with Crippen LogP contribution in [0.4, 0.5) is 0 Å². The zero-order valence-corrected chi connectivity index (χ0v) is 25.8. The van der Waals surface area contributed by atoms with Gasteiger partial charge in [-0.05, 0) is 59.8 Å². The van der Waals surface area contributed by atoms with Crippen molar-refractivity contribution in [2.24, 2.45) is 5.92 Å². The van der Waals surface area contributed by atoms with Crippen molar-refractivity contribution in [3.8, 4) is 5.75 Å². The summed E-state index contributed by atoms with van der Waals surface area (Å²) in [6, 6.07) is 14.0. The van der Waals surface area contributed by atoms with Gasteiger partial charge in [-0.25, -0.2) is 4.79 Å². The zero-order chi connectivity index (χ0) is 29.2. The maximum atomic E-state index is 12.7. The molecule has 2 aromatic rings. The van der Waals surface area contributed by atoms with Gasteiger partial charge in [0.15, 0.2) is 8.32 Å². The fourth-order valence-corrected chi connectivity index (χ4v) is 5.38. The van der Waals surface area contributed by atoms with Crippen molar-refractivity contribution in [2.75, 3.05) is 7.11 Å². The van der Waals surface area contributed by atoms with Crippen LogP contribution in [0.5, 0.6) is 5.75 Å². The second-order valence-corrected chi connectivity index (χ2v) is 16.4. The van der Waals surface area contributed by atoms with Crippen LogP contribution in [0.3, 0.4) is 0 Å². The van der Waals surface area contributed by atoms with Crippen molar-refractivity contribution < 1.29 is 23.9 Å². The molecular formula is C31H42ClNO5Si. The van der Waals surface area contributed by atoms with E-state index in [2.05, 4.69) is 70.4 Å². The summed E-state index contributed by atoms with van der Waals surface area (Å²) >= 11 is 6.17. The average molecular weight is 572 g/mol. The maximum Gasteiger partial charge on any atom is 0.326 e. The first-order valence-electron chi connectivity index (χ1n) is 13.2. The van der Waals surface area contributed by atoms with Crippen LogP contribution in [0, 0.1) is 5.92 Å². The third-order valence-electron chi connectivity index (χ3n) is 7.14. The van der Waals surface area contributed by atoms with Crippen LogP contribution in [-0.2, 0) is 20.4 Å². The molecule has 2 rings (SSSR count). The fourth-order valence-electron chi connectivity index (χ4n) is 3.68. The van der Waals surface area contributed by atoms with Gasteiger partial charge < -0.3 is 19.6 Å². The quantitative estimate of drug-likeness (QED) is 0.197. The average Bonchev–Trinajstić information content (AvgIpc) is 2.86. The summed E-state index contributed by atoms with van der Waals surface area (Å²) in [5, 5.41) is 12.7. The molecule has 0 fully saturated rings. The van der Waals surface area contributed by atoms with Crippen molar-refractivity contribution >= 4 is 37.9 Å². The minimum Gasteiger partial charge on any atom is -0.495 e. The van der Waals surface area contributed by atoms with Crippen LogP contribution in [0.15, 0.2) is 66.8 Å². The molecule has 0 aliphatic heterocycles. The number of amides is 1. The molecule has 0 bridgehead atoms. The largest absolute Gasteiger partial charge is 0.495 e. The Balaban J connectivity index is 2.11. The van der Waals surface area contributed by atoms with Gasteiger partial charge >= 0.3 is 5.97 Å². The van der Waals surface area contributed by atoms with E-state index in [-0.39, 0.29) is 23.5 Å². The third-order valence-corrected chi connectivity index (χ3v) is 11.9. The number of rotatable bonds is 13. The monoisotopic (exact) mass is 571 g/mol. The van der Waals surface area contributed by atoms with Crippen LogP contribution in [0.1, 0.15) is 45.2 Å². The second kappa shape index (κ2) is 14.5. The van der Waals surface area contributed by atoms with Crippen LogP contribution in [0.25, 0.3) is 6.08 Å². The molecule has 3 unspecified atom stereocenters. The van der Waals surface area contributed by atoms with E-state index >= 15 is 0 Å². The first kappa shape index (κ1) is 32.3. The van der Waals surface area contributed by atoms with Gasteiger partial charge in [0.1, 0.15) is 11.8 Å². The summed E-state index contributed by atoms with van der Waals surface area (Å²) in [5.41, 5.74) is 1.79. The maximum absolute atomic E-state index is 12.7. The molecule has 212 valence electrons. The van der Waals surface area contributed by atoms with Gasteiger partial charge in [-0.2, -0.15) is 0 Å². The molecule has 0 aromatic heterocycles. The Morgan fingerprint density at radius 2 is 1.79 bits per heavy atom. The smallest absolute Gasteiger partial charge is 0.326 e. The highest BCUT2D eigenvalue weighted by atomic mass is 35.5. The number of aliphatic carboxylic acids is 1. The van der Waals surface area contributed by atoms with Crippen LogP contribution in [-0.4, -0.2) is 44.6 Å². The van der Waals surface area contributed by atoms with E-state index in [1.807, 2.05) is 18.2 Å². The van der Waals surface area contributed by atoms with Crippen LogP contribution < -0.4 is 10.1 Å². The first-order valence-corrected chi connectivity index (χ1v) is 16.5. The molecule has 6 nitrogen and oxygen atoms in total. The molecule has 0 heterocycles. The first-order chi connectivity index (χ1) is 18.2.